The molecule has 2 aromatic heterocycles. The zero-order chi connectivity index (χ0) is 26.2. The van der Waals surface area contributed by atoms with Crippen molar-refractivity contribution < 1.29 is 9.18 Å². The highest BCUT2D eigenvalue weighted by Gasteiger charge is 2.36. The first-order valence-electron chi connectivity index (χ1n) is 12.8. The Kier molecular flexibility index (Phi) is 6.04. The van der Waals surface area contributed by atoms with E-state index >= 15 is 0 Å². The minimum Gasteiger partial charge on any atom is -0.308 e. The summed E-state index contributed by atoms with van der Waals surface area (Å²) in [6, 6.07) is 27.4. The van der Waals surface area contributed by atoms with Gasteiger partial charge in [-0.3, -0.25) is 0 Å². The van der Waals surface area contributed by atoms with Gasteiger partial charge in [0.1, 0.15) is 11.6 Å². The summed E-state index contributed by atoms with van der Waals surface area (Å²) in [6.07, 6.45) is 2.69. The second-order valence-corrected chi connectivity index (χ2v) is 9.48. The largest absolute Gasteiger partial charge is 0.322 e. The highest BCUT2D eigenvalue weighted by molar-refractivity contribution is 5.91. The van der Waals surface area contributed by atoms with Gasteiger partial charge in [-0.25, -0.2) is 13.9 Å². The van der Waals surface area contributed by atoms with E-state index in [1.807, 2.05) is 90.6 Å². The molecule has 0 saturated carbocycles. The van der Waals surface area contributed by atoms with Gasteiger partial charge in [-0.15, -0.1) is 0 Å². The predicted octanol–water partition coefficient (Wildman–Crippen LogP) is 6.81. The van der Waals surface area contributed by atoms with Gasteiger partial charge in [0.2, 0.25) is 0 Å². The van der Waals surface area contributed by atoms with Gasteiger partial charge < -0.3 is 14.8 Å². The summed E-state index contributed by atoms with van der Waals surface area (Å²) in [5.74, 6) is 0.548. The summed E-state index contributed by atoms with van der Waals surface area (Å²) in [4.78, 5) is 15.8. The molecule has 1 N–H and O–H groups in total. The topological polar surface area (TPSA) is 55.1 Å². The molecule has 0 spiro atoms. The normalized spacial score (nSPS) is 14.5. The summed E-state index contributed by atoms with van der Waals surface area (Å²) in [5, 5.41) is 8.09. The van der Waals surface area contributed by atoms with Crippen LogP contribution in [0.5, 0.6) is 0 Å². The monoisotopic (exact) mass is 505 g/mol. The van der Waals surface area contributed by atoms with Crippen LogP contribution in [0.25, 0.3) is 11.5 Å². The summed E-state index contributed by atoms with van der Waals surface area (Å²) >= 11 is 0. The number of aromatic nitrogens is 3. The molecular weight excluding hydrogens is 477 g/mol. The van der Waals surface area contributed by atoms with Crippen molar-refractivity contribution in [2.75, 3.05) is 5.32 Å². The molecule has 1 atom stereocenters. The third kappa shape index (κ3) is 4.06. The second kappa shape index (κ2) is 9.67. The van der Waals surface area contributed by atoms with E-state index in [1.165, 1.54) is 12.1 Å². The Morgan fingerprint density at radius 3 is 2.55 bits per heavy atom. The fraction of sp³-hybridized carbons (Fsp3) is 0.161. The van der Waals surface area contributed by atoms with E-state index in [0.29, 0.717) is 18.5 Å². The lowest BCUT2D eigenvalue weighted by Gasteiger charge is -2.31. The maximum atomic E-state index is 14.5. The maximum Gasteiger partial charge on any atom is 0.322 e. The number of benzene rings is 3. The van der Waals surface area contributed by atoms with Crippen molar-refractivity contribution in [3.8, 4) is 11.5 Å². The molecule has 0 bridgehead atoms. The number of carbonyl (C=O) groups is 1. The van der Waals surface area contributed by atoms with Crippen molar-refractivity contribution >= 4 is 11.7 Å². The van der Waals surface area contributed by atoms with E-state index < -0.39 is 6.04 Å². The number of nitrogens with zero attached hydrogens (tertiary/aromatic N) is 4. The predicted molar refractivity (Wildman–Crippen MR) is 146 cm³/mol. The van der Waals surface area contributed by atoms with Crippen molar-refractivity contribution in [2.24, 2.45) is 0 Å². The number of halogens is 1. The molecular formula is C31H28FN5O. The Hall–Kier alpha value is -4.65. The maximum absolute atomic E-state index is 14.5. The van der Waals surface area contributed by atoms with Crippen molar-refractivity contribution in [2.45, 2.75) is 32.9 Å². The first-order chi connectivity index (χ1) is 18.5. The first-order valence-corrected chi connectivity index (χ1v) is 12.8. The van der Waals surface area contributed by atoms with E-state index in [0.717, 1.165) is 39.7 Å². The van der Waals surface area contributed by atoms with E-state index in [-0.39, 0.29) is 11.8 Å². The van der Waals surface area contributed by atoms with Crippen LogP contribution >= 0.6 is 0 Å². The quantitative estimate of drug-likeness (QED) is 0.292. The molecule has 5 aromatic rings. The van der Waals surface area contributed by atoms with Crippen LogP contribution in [0.15, 0.2) is 97.2 Å². The molecule has 1 aliphatic rings. The van der Waals surface area contributed by atoms with Crippen molar-refractivity contribution in [1.82, 2.24) is 19.2 Å². The molecule has 7 heteroatoms. The number of fused-ring (bicyclic) bond motifs is 3. The van der Waals surface area contributed by atoms with Gasteiger partial charge in [0.15, 0.2) is 0 Å². The minimum absolute atomic E-state index is 0.260. The summed E-state index contributed by atoms with van der Waals surface area (Å²) in [5.41, 5.74) is 6.08. The average Bonchev–Trinajstić information content (AvgIpc) is 3.51. The number of aryl methyl sites for hydroxylation is 2. The highest BCUT2D eigenvalue weighted by atomic mass is 19.1. The molecule has 0 aliphatic carbocycles. The van der Waals surface area contributed by atoms with Gasteiger partial charge in [-0.05, 0) is 66.9 Å². The lowest BCUT2D eigenvalue weighted by Crippen LogP contribution is -2.38. The first kappa shape index (κ1) is 23.7. The molecule has 2 amide bonds. The van der Waals surface area contributed by atoms with Gasteiger partial charge in [0.05, 0.1) is 29.7 Å². The molecule has 6 rings (SSSR count). The third-order valence-corrected chi connectivity index (χ3v) is 7.12. The van der Waals surface area contributed by atoms with Crippen LogP contribution < -0.4 is 5.32 Å². The molecule has 0 radical (unpaired) electrons. The van der Waals surface area contributed by atoms with Crippen LogP contribution in [-0.4, -0.2) is 25.3 Å². The summed E-state index contributed by atoms with van der Waals surface area (Å²) < 4.78 is 18.6. The lowest BCUT2D eigenvalue weighted by molar-refractivity contribution is 0.194. The van der Waals surface area contributed by atoms with Gasteiger partial charge >= 0.3 is 6.03 Å². The number of para-hydroxylation sites is 2. The number of urea groups is 1. The van der Waals surface area contributed by atoms with Crippen LogP contribution in [0, 0.1) is 12.7 Å². The number of hydrogen-bond acceptors (Lipinski definition) is 2. The molecule has 190 valence electrons. The van der Waals surface area contributed by atoms with Crippen molar-refractivity contribution in [3.63, 3.8) is 0 Å². The van der Waals surface area contributed by atoms with Gasteiger partial charge in [0, 0.05) is 17.4 Å². The van der Waals surface area contributed by atoms with E-state index in [2.05, 4.69) is 16.8 Å². The molecule has 3 heterocycles. The minimum atomic E-state index is -0.522. The van der Waals surface area contributed by atoms with Gasteiger partial charge in [-0.2, -0.15) is 5.10 Å². The number of anilines is 1. The Balaban J connectivity index is 1.57. The SMILES string of the molecule is CCc1nn(-c2ccccc2)c2c1CN(C(=O)Nc1ccccc1C)[C@@H](c1cccc(F)c1)c1cccn1-2. The van der Waals surface area contributed by atoms with Crippen molar-refractivity contribution in [3.05, 3.63) is 131 Å². The van der Waals surface area contributed by atoms with Crippen LogP contribution in [0.1, 0.15) is 41.0 Å². The number of rotatable bonds is 4. The standard InChI is InChI=1S/C31H28FN5O/c1-3-26-25-20-36(31(38)33-27-16-8-7-11-21(27)2)29(22-12-9-13-23(32)19-22)28-17-10-18-35(28)30(25)37(34-26)24-14-5-4-6-15-24/h4-19,29H,3,20H2,1-2H3,(H,33,38)/t29-/m0/s1. The highest BCUT2D eigenvalue weighted by Crippen LogP contribution is 2.39. The lowest BCUT2D eigenvalue weighted by atomic mass is 10.0. The smallest absolute Gasteiger partial charge is 0.308 e. The molecule has 0 fully saturated rings. The Labute approximate surface area is 221 Å². The third-order valence-electron chi connectivity index (χ3n) is 7.12. The fourth-order valence-corrected chi connectivity index (χ4v) is 5.28. The Bertz CT molecular complexity index is 1620. The van der Waals surface area contributed by atoms with E-state index in [9.17, 15) is 9.18 Å². The summed E-state index contributed by atoms with van der Waals surface area (Å²) in [6.45, 7) is 4.34. The van der Waals surface area contributed by atoms with Crippen LogP contribution in [0.3, 0.4) is 0 Å². The Morgan fingerprint density at radius 2 is 1.79 bits per heavy atom. The van der Waals surface area contributed by atoms with E-state index in [1.54, 1.807) is 11.0 Å². The molecule has 0 saturated heterocycles. The van der Waals surface area contributed by atoms with Crippen LogP contribution in [0.4, 0.5) is 14.9 Å². The Morgan fingerprint density at radius 1 is 1.00 bits per heavy atom. The number of hydrogen-bond donors (Lipinski definition) is 1. The molecule has 3 aromatic carbocycles. The fourth-order valence-electron chi connectivity index (χ4n) is 5.28. The average molecular weight is 506 g/mol. The number of nitrogens with one attached hydrogen (secondary N) is 1. The molecule has 1 aliphatic heterocycles. The zero-order valence-electron chi connectivity index (χ0n) is 21.3. The second-order valence-electron chi connectivity index (χ2n) is 9.48. The van der Waals surface area contributed by atoms with Crippen LogP contribution in [-0.2, 0) is 13.0 Å². The van der Waals surface area contributed by atoms with E-state index in [4.69, 9.17) is 5.10 Å². The van der Waals surface area contributed by atoms with Gasteiger partial charge in [-0.1, -0.05) is 55.5 Å². The zero-order valence-corrected chi connectivity index (χ0v) is 21.3. The van der Waals surface area contributed by atoms with Crippen molar-refractivity contribution in [1.29, 1.82) is 0 Å². The summed E-state index contributed by atoms with van der Waals surface area (Å²) in [7, 11) is 0. The number of amides is 2. The number of carbonyl (C=O) groups excluding carboxylic acids is 1. The molecule has 0 unspecified atom stereocenters. The molecule has 38 heavy (non-hydrogen) atoms. The van der Waals surface area contributed by atoms with Crippen LogP contribution in [0.2, 0.25) is 0 Å². The molecule has 6 nitrogen and oxygen atoms in total. The van der Waals surface area contributed by atoms with Gasteiger partial charge in [0.25, 0.3) is 0 Å².